The highest BCUT2D eigenvalue weighted by molar-refractivity contribution is 7.19. The van der Waals surface area contributed by atoms with Gasteiger partial charge < -0.3 is 20.1 Å². The summed E-state index contributed by atoms with van der Waals surface area (Å²) in [4.78, 5) is 37.6. The number of amides is 3. The molecule has 7 heteroatoms. The number of H-pyrrole nitrogens is 1. The second-order valence-electron chi connectivity index (χ2n) is 14.7. The number of rotatable bonds is 7. The van der Waals surface area contributed by atoms with Crippen molar-refractivity contribution in [3.8, 4) is 11.3 Å². The molecule has 0 unspecified atom stereocenters. The molecule has 1 atom stereocenters. The molecule has 6 nitrogen and oxygen atoms in total. The van der Waals surface area contributed by atoms with Crippen molar-refractivity contribution in [1.29, 1.82) is 0 Å². The summed E-state index contributed by atoms with van der Waals surface area (Å²) >= 11 is 1.72. The van der Waals surface area contributed by atoms with Crippen molar-refractivity contribution in [3.63, 3.8) is 0 Å². The second kappa shape index (κ2) is 12.2. The van der Waals surface area contributed by atoms with Crippen LogP contribution in [0.15, 0.2) is 54.6 Å². The quantitative estimate of drug-likeness (QED) is 0.213. The number of nitrogens with zero attached hydrogens (tertiary/aromatic N) is 2. The zero-order valence-electron chi connectivity index (χ0n) is 28.0. The Morgan fingerprint density at radius 3 is 2.20 bits per heavy atom. The van der Waals surface area contributed by atoms with Crippen LogP contribution in [0.5, 0.6) is 0 Å². The molecule has 4 aromatic rings. The predicted octanol–water partition coefficient (Wildman–Crippen LogP) is 8.64. The van der Waals surface area contributed by atoms with E-state index in [4.69, 9.17) is 0 Å². The fourth-order valence-electron chi connectivity index (χ4n) is 8.43. The van der Waals surface area contributed by atoms with Gasteiger partial charge in [-0.3, -0.25) is 4.79 Å². The van der Waals surface area contributed by atoms with Crippen LogP contribution in [0.1, 0.15) is 98.3 Å². The number of aromatic nitrogens is 1. The van der Waals surface area contributed by atoms with E-state index in [2.05, 4.69) is 104 Å². The van der Waals surface area contributed by atoms with Crippen molar-refractivity contribution in [3.05, 3.63) is 81.7 Å². The van der Waals surface area contributed by atoms with Gasteiger partial charge in [-0.05, 0) is 107 Å². The van der Waals surface area contributed by atoms with Crippen molar-refractivity contribution in [2.75, 3.05) is 19.6 Å². The van der Waals surface area contributed by atoms with E-state index in [0.717, 1.165) is 67.0 Å². The summed E-state index contributed by atoms with van der Waals surface area (Å²) in [6, 6.07) is 20.5. The number of urea groups is 1. The average Bonchev–Trinajstić information content (AvgIpc) is 3.83. The third-order valence-corrected chi connectivity index (χ3v) is 12.4. The zero-order chi connectivity index (χ0) is 32.2. The van der Waals surface area contributed by atoms with E-state index >= 15 is 0 Å². The molecule has 5 heterocycles. The SMILES string of the molecule is Cc1cc(C)cc(-c2[nH]c3sc(C(C)(C)C(=O)N4C5CCC4CC5)cc3c2[C@H](C)CNC(=O)N2CCC(c3ccccc3)CC2)c1. The molecule has 2 bridgehead atoms. The Bertz CT molecular complexity index is 1710. The third-order valence-electron chi connectivity index (χ3n) is 11.0. The van der Waals surface area contributed by atoms with Crippen LogP contribution >= 0.6 is 11.3 Å². The van der Waals surface area contributed by atoms with E-state index in [1.807, 2.05) is 4.90 Å². The van der Waals surface area contributed by atoms with Crippen LogP contribution in [-0.2, 0) is 10.2 Å². The number of carbonyl (C=O) groups excluding carboxylic acids is 2. The van der Waals surface area contributed by atoms with Crippen LogP contribution in [0.25, 0.3) is 21.5 Å². The summed E-state index contributed by atoms with van der Waals surface area (Å²) in [7, 11) is 0. The zero-order valence-corrected chi connectivity index (χ0v) is 28.8. The van der Waals surface area contributed by atoms with Crippen LogP contribution in [0.2, 0.25) is 0 Å². The fourth-order valence-corrected chi connectivity index (χ4v) is 9.60. The van der Waals surface area contributed by atoms with E-state index < -0.39 is 5.41 Å². The number of fused-ring (bicyclic) bond motifs is 3. The smallest absolute Gasteiger partial charge is 0.317 e. The number of benzene rings is 2. The lowest BCUT2D eigenvalue weighted by Crippen LogP contribution is -2.45. The van der Waals surface area contributed by atoms with Gasteiger partial charge in [0.1, 0.15) is 4.83 Å². The molecule has 3 aliphatic heterocycles. The number of piperidine rings is 1. The molecule has 2 aromatic carbocycles. The van der Waals surface area contributed by atoms with Crippen molar-refractivity contribution in [1.82, 2.24) is 20.1 Å². The first-order chi connectivity index (χ1) is 22.1. The Morgan fingerprint density at radius 1 is 0.935 bits per heavy atom. The maximum atomic E-state index is 14.0. The summed E-state index contributed by atoms with van der Waals surface area (Å²) in [5.74, 6) is 0.863. The van der Waals surface area contributed by atoms with Gasteiger partial charge in [-0.2, -0.15) is 0 Å². The van der Waals surface area contributed by atoms with E-state index in [9.17, 15) is 9.59 Å². The standard InChI is InChI=1S/C39H48N4O2S/c1-24-19-25(2)21-29(20-24)35-34(26(3)23-40-38(45)42-17-15-28(16-18-42)27-9-7-6-8-10-27)32-22-33(46-36(32)41-35)39(4,5)37(44)43-30-11-12-31(43)14-13-30/h6-10,19-22,26,28,30-31,41H,11-18,23H2,1-5H3,(H,40,45)/t26-,30?,31?/m1/s1. The number of hydrogen-bond acceptors (Lipinski definition) is 3. The highest BCUT2D eigenvalue weighted by Crippen LogP contribution is 2.46. The maximum Gasteiger partial charge on any atom is 0.317 e. The summed E-state index contributed by atoms with van der Waals surface area (Å²) in [6.07, 6.45) is 6.58. The first-order valence-corrected chi connectivity index (χ1v) is 18.1. The molecule has 2 N–H and O–H groups in total. The summed E-state index contributed by atoms with van der Waals surface area (Å²) < 4.78 is 0. The topological polar surface area (TPSA) is 68.4 Å². The number of aryl methyl sites for hydroxylation is 2. The molecule has 0 aliphatic carbocycles. The second-order valence-corrected chi connectivity index (χ2v) is 15.8. The highest BCUT2D eigenvalue weighted by atomic mass is 32.1. The van der Waals surface area contributed by atoms with E-state index in [0.29, 0.717) is 24.5 Å². The summed E-state index contributed by atoms with van der Waals surface area (Å²) in [6.45, 7) is 12.8. The van der Waals surface area contributed by atoms with Gasteiger partial charge in [0.05, 0.1) is 11.1 Å². The van der Waals surface area contributed by atoms with Crippen LogP contribution in [0.4, 0.5) is 4.79 Å². The molecular weight excluding hydrogens is 589 g/mol. The van der Waals surface area contributed by atoms with Crippen LogP contribution < -0.4 is 5.32 Å². The first-order valence-electron chi connectivity index (χ1n) is 17.2. The maximum absolute atomic E-state index is 14.0. The molecule has 7 rings (SSSR count). The molecule has 3 amide bonds. The average molecular weight is 637 g/mol. The summed E-state index contributed by atoms with van der Waals surface area (Å²) in [5, 5.41) is 4.46. The van der Waals surface area contributed by atoms with Crippen LogP contribution in [0.3, 0.4) is 0 Å². The minimum Gasteiger partial charge on any atom is -0.346 e. The minimum absolute atomic E-state index is 0.0241. The number of thiophene rings is 1. The lowest BCUT2D eigenvalue weighted by molar-refractivity contribution is -0.137. The van der Waals surface area contributed by atoms with Gasteiger partial charge in [-0.1, -0.05) is 54.4 Å². The van der Waals surface area contributed by atoms with Crippen LogP contribution in [0, 0.1) is 13.8 Å². The number of carbonyl (C=O) groups is 2. The van der Waals surface area contributed by atoms with Gasteiger partial charge in [-0.15, -0.1) is 11.3 Å². The van der Waals surface area contributed by atoms with Gasteiger partial charge >= 0.3 is 6.03 Å². The minimum atomic E-state index is -0.587. The Labute approximate surface area is 277 Å². The molecule has 0 radical (unpaired) electrons. The first kappa shape index (κ1) is 31.0. The fraction of sp³-hybridized carbons (Fsp3) is 0.487. The molecule has 3 aliphatic rings. The number of aromatic amines is 1. The molecule has 2 aromatic heterocycles. The van der Waals surface area contributed by atoms with Crippen molar-refractivity contribution in [2.45, 2.75) is 102 Å². The molecule has 0 saturated carbocycles. The molecule has 0 spiro atoms. The van der Waals surface area contributed by atoms with Gasteiger partial charge in [0.15, 0.2) is 0 Å². The summed E-state index contributed by atoms with van der Waals surface area (Å²) in [5.41, 5.74) is 6.75. The lowest BCUT2D eigenvalue weighted by atomic mass is 9.88. The Kier molecular flexibility index (Phi) is 8.25. The van der Waals surface area contributed by atoms with Crippen LogP contribution in [-0.4, -0.2) is 58.4 Å². The van der Waals surface area contributed by atoms with E-state index in [1.54, 1.807) is 11.3 Å². The molecule has 46 heavy (non-hydrogen) atoms. The monoisotopic (exact) mass is 636 g/mol. The predicted molar refractivity (Wildman–Crippen MR) is 189 cm³/mol. The Balaban J connectivity index is 1.13. The third kappa shape index (κ3) is 5.65. The number of nitrogens with one attached hydrogen (secondary N) is 2. The van der Waals surface area contributed by atoms with Crippen molar-refractivity contribution in [2.24, 2.45) is 0 Å². The normalized spacial score (nSPS) is 20.9. The van der Waals surface area contributed by atoms with Crippen molar-refractivity contribution >= 4 is 33.5 Å². The lowest BCUT2D eigenvalue weighted by Gasteiger charge is -2.32. The molecular formula is C39H48N4O2S. The highest BCUT2D eigenvalue weighted by Gasteiger charge is 2.47. The van der Waals surface area contributed by atoms with Gasteiger partial charge in [-0.25, -0.2) is 4.79 Å². The molecule has 242 valence electrons. The molecule has 3 fully saturated rings. The Morgan fingerprint density at radius 2 is 1.57 bits per heavy atom. The largest absolute Gasteiger partial charge is 0.346 e. The van der Waals surface area contributed by atoms with Gasteiger partial charge in [0.25, 0.3) is 0 Å². The van der Waals surface area contributed by atoms with E-state index in [1.165, 1.54) is 33.2 Å². The Hall–Kier alpha value is -3.58. The van der Waals surface area contributed by atoms with Crippen molar-refractivity contribution < 1.29 is 9.59 Å². The van der Waals surface area contributed by atoms with Gasteiger partial charge in [0, 0.05) is 47.9 Å². The number of hydrogen-bond donors (Lipinski definition) is 2. The van der Waals surface area contributed by atoms with E-state index in [-0.39, 0.29) is 17.9 Å². The number of likely N-dealkylation sites (tertiary alicyclic amines) is 1. The van der Waals surface area contributed by atoms with Gasteiger partial charge in [0.2, 0.25) is 5.91 Å². The molecule has 3 saturated heterocycles.